The number of anilines is 1. The lowest BCUT2D eigenvalue weighted by Crippen LogP contribution is -2.32. The molecule has 3 nitrogen and oxygen atoms in total. The summed E-state index contributed by atoms with van der Waals surface area (Å²) in [5.41, 5.74) is 6.25. The van der Waals surface area contributed by atoms with Gasteiger partial charge >= 0.3 is 0 Å². The van der Waals surface area contributed by atoms with Crippen molar-refractivity contribution in [3.8, 4) is 0 Å². The molecule has 0 saturated heterocycles. The molecule has 0 radical (unpaired) electrons. The third-order valence-electron chi connectivity index (χ3n) is 2.26. The number of rotatable bonds is 4. The monoisotopic (exact) mass is 426 g/mol. The van der Waals surface area contributed by atoms with E-state index in [0.29, 0.717) is 6.42 Å². The van der Waals surface area contributed by atoms with E-state index in [1.807, 2.05) is 25.1 Å². The van der Waals surface area contributed by atoms with Crippen molar-refractivity contribution >= 4 is 67.3 Å². The second-order valence-electron chi connectivity index (χ2n) is 3.48. The van der Waals surface area contributed by atoms with Gasteiger partial charge in [0, 0.05) is 8.04 Å². The quantitative estimate of drug-likeness (QED) is 0.573. The first-order valence-electron chi connectivity index (χ1n) is 5.01. The summed E-state index contributed by atoms with van der Waals surface area (Å²) in [5.74, 6) is -0.585. The standard InChI is InChI=1S/C11H12BrIN2OS/c1-2-7(10(14)17)11(16)15-9-4-3-6(13)5-8(9)12/h3-5,7H,2H2,1H3,(H2,14,17)(H,15,16). The molecule has 0 aliphatic heterocycles. The zero-order valence-corrected chi connectivity index (χ0v) is 13.7. The fourth-order valence-corrected chi connectivity index (χ4v) is 3.00. The molecular formula is C11H12BrIN2OS. The van der Waals surface area contributed by atoms with Crippen LogP contribution in [0.15, 0.2) is 22.7 Å². The largest absolute Gasteiger partial charge is 0.393 e. The van der Waals surface area contributed by atoms with E-state index in [-0.39, 0.29) is 10.9 Å². The molecule has 0 aromatic heterocycles. The van der Waals surface area contributed by atoms with Crippen LogP contribution in [-0.4, -0.2) is 10.9 Å². The Kier molecular flexibility index (Phi) is 5.81. The fourth-order valence-electron chi connectivity index (χ4n) is 1.33. The molecule has 0 heterocycles. The minimum atomic E-state index is -0.420. The van der Waals surface area contributed by atoms with Gasteiger partial charge in [0.15, 0.2) is 0 Å². The number of hydrogen-bond acceptors (Lipinski definition) is 2. The van der Waals surface area contributed by atoms with Crippen LogP contribution in [0, 0.1) is 9.49 Å². The lowest BCUT2D eigenvalue weighted by Gasteiger charge is -2.14. The number of benzene rings is 1. The Morgan fingerprint density at radius 3 is 2.76 bits per heavy atom. The Balaban J connectivity index is 2.84. The van der Waals surface area contributed by atoms with Crippen LogP contribution in [0.1, 0.15) is 13.3 Å². The minimum Gasteiger partial charge on any atom is -0.393 e. The molecule has 0 fully saturated rings. The number of hydrogen-bond donors (Lipinski definition) is 2. The summed E-state index contributed by atoms with van der Waals surface area (Å²) in [4.78, 5) is 12.1. The highest BCUT2D eigenvalue weighted by atomic mass is 127. The van der Waals surface area contributed by atoms with Gasteiger partial charge in [-0.2, -0.15) is 0 Å². The Labute approximate surface area is 128 Å². The van der Waals surface area contributed by atoms with Gasteiger partial charge in [-0.3, -0.25) is 4.79 Å². The van der Waals surface area contributed by atoms with Crippen LogP contribution in [0.25, 0.3) is 0 Å². The average molecular weight is 427 g/mol. The Morgan fingerprint density at radius 1 is 1.65 bits per heavy atom. The van der Waals surface area contributed by atoms with Gasteiger partial charge in [-0.1, -0.05) is 19.1 Å². The SMILES string of the molecule is CCC(C(=O)Nc1ccc(I)cc1Br)C(N)=S. The Morgan fingerprint density at radius 2 is 2.29 bits per heavy atom. The molecule has 0 bridgehead atoms. The van der Waals surface area contributed by atoms with Crippen molar-refractivity contribution in [2.75, 3.05) is 5.32 Å². The lowest BCUT2D eigenvalue weighted by atomic mass is 10.1. The van der Waals surface area contributed by atoms with E-state index in [1.54, 1.807) is 0 Å². The van der Waals surface area contributed by atoms with Gasteiger partial charge in [0.2, 0.25) is 5.91 Å². The summed E-state index contributed by atoms with van der Waals surface area (Å²) in [6, 6.07) is 5.69. The first-order chi connectivity index (χ1) is 7.95. The molecule has 1 atom stereocenters. The number of carbonyl (C=O) groups excluding carboxylic acids is 1. The van der Waals surface area contributed by atoms with Gasteiger partial charge in [-0.15, -0.1) is 0 Å². The van der Waals surface area contributed by atoms with Crippen LogP contribution < -0.4 is 11.1 Å². The third-order valence-corrected chi connectivity index (χ3v) is 3.87. The summed E-state index contributed by atoms with van der Waals surface area (Å²) in [7, 11) is 0. The molecule has 1 aromatic rings. The number of nitrogens with one attached hydrogen (secondary N) is 1. The van der Waals surface area contributed by atoms with Crippen molar-refractivity contribution in [2.24, 2.45) is 11.7 Å². The maximum absolute atomic E-state index is 11.9. The molecule has 0 aliphatic rings. The van der Waals surface area contributed by atoms with E-state index in [1.165, 1.54) is 0 Å². The van der Waals surface area contributed by atoms with E-state index < -0.39 is 5.92 Å². The summed E-state index contributed by atoms with van der Waals surface area (Å²) in [6.07, 6.45) is 0.600. The van der Waals surface area contributed by atoms with E-state index in [2.05, 4.69) is 43.8 Å². The van der Waals surface area contributed by atoms with Crippen molar-refractivity contribution in [2.45, 2.75) is 13.3 Å². The minimum absolute atomic E-state index is 0.165. The van der Waals surface area contributed by atoms with Crippen molar-refractivity contribution < 1.29 is 4.79 Å². The zero-order chi connectivity index (χ0) is 13.0. The highest BCUT2D eigenvalue weighted by molar-refractivity contribution is 14.1. The second-order valence-corrected chi connectivity index (χ2v) is 6.05. The first kappa shape index (κ1) is 14.8. The van der Waals surface area contributed by atoms with Crippen LogP contribution in [-0.2, 0) is 4.79 Å². The van der Waals surface area contributed by atoms with E-state index in [9.17, 15) is 4.79 Å². The molecular weight excluding hydrogens is 415 g/mol. The highest BCUT2D eigenvalue weighted by Gasteiger charge is 2.19. The lowest BCUT2D eigenvalue weighted by molar-refractivity contribution is -0.118. The van der Waals surface area contributed by atoms with Crippen molar-refractivity contribution in [3.05, 3.63) is 26.2 Å². The molecule has 92 valence electrons. The number of thiocarbonyl (C=S) groups is 1. The molecule has 0 spiro atoms. The first-order valence-corrected chi connectivity index (χ1v) is 7.29. The molecule has 0 aliphatic carbocycles. The van der Waals surface area contributed by atoms with Crippen LogP contribution in [0.2, 0.25) is 0 Å². The molecule has 3 N–H and O–H groups in total. The van der Waals surface area contributed by atoms with E-state index in [0.717, 1.165) is 13.7 Å². The topological polar surface area (TPSA) is 55.1 Å². The summed E-state index contributed by atoms with van der Waals surface area (Å²) >= 11 is 10.5. The third kappa shape index (κ3) is 4.18. The van der Waals surface area contributed by atoms with Gasteiger partial charge in [-0.25, -0.2) is 0 Å². The highest BCUT2D eigenvalue weighted by Crippen LogP contribution is 2.25. The second kappa shape index (κ2) is 6.65. The maximum atomic E-state index is 11.9. The van der Waals surface area contributed by atoms with Crippen LogP contribution in [0.3, 0.4) is 0 Å². The van der Waals surface area contributed by atoms with Gasteiger partial charge in [0.05, 0.1) is 16.6 Å². The number of nitrogens with two attached hydrogens (primary N) is 1. The van der Waals surface area contributed by atoms with Gasteiger partial charge in [0.25, 0.3) is 0 Å². The van der Waals surface area contributed by atoms with Gasteiger partial charge in [0.1, 0.15) is 0 Å². The van der Waals surface area contributed by atoms with E-state index in [4.69, 9.17) is 18.0 Å². The molecule has 6 heteroatoms. The number of halogens is 2. The summed E-state index contributed by atoms with van der Waals surface area (Å²) in [5, 5.41) is 2.81. The zero-order valence-electron chi connectivity index (χ0n) is 9.17. The average Bonchev–Trinajstić information content (AvgIpc) is 2.22. The number of carbonyl (C=O) groups is 1. The van der Waals surface area contributed by atoms with E-state index >= 15 is 0 Å². The molecule has 1 aromatic carbocycles. The van der Waals surface area contributed by atoms with Crippen LogP contribution >= 0.6 is 50.7 Å². The maximum Gasteiger partial charge on any atom is 0.234 e. The predicted molar refractivity (Wildman–Crippen MR) is 86.1 cm³/mol. The number of amides is 1. The molecule has 1 rings (SSSR count). The van der Waals surface area contributed by atoms with Gasteiger partial charge < -0.3 is 11.1 Å². The molecule has 0 saturated carbocycles. The van der Waals surface area contributed by atoms with Crippen LogP contribution in [0.4, 0.5) is 5.69 Å². The predicted octanol–water partition coefficient (Wildman–Crippen LogP) is 3.30. The van der Waals surface area contributed by atoms with Crippen molar-refractivity contribution in [3.63, 3.8) is 0 Å². The molecule has 1 unspecified atom stereocenters. The fraction of sp³-hybridized carbons (Fsp3) is 0.273. The summed E-state index contributed by atoms with van der Waals surface area (Å²) in [6.45, 7) is 1.88. The molecule has 1 amide bonds. The van der Waals surface area contributed by atoms with Crippen LogP contribution in [0.5, 0.6) is 0 Å². The van der Waals surface area contributed by atoms with Crippen molar-refractivity contribution in [1.29, 1.82) is 0 Å². The van der Waals surface area contributed by atoms with Crippen molar-refractivity contribution in [1.82, 2.24) is 0 Å². The molecule has 17 heavy (non-hydrogen) atoms. The normalized spacial score (nSPS) is 11.9. The smallest absolute Gasteiger partial charge is 0.234 e. The van der Waals surface area contributed by atoms with Gasteiger partial charge in [-0.05, 0) is 63.1 Å². The summed E-state index contributed by atoms with van der Waals surface area (Å²) < 4.78 is 1.93. The Hall–Kier alpha value is -0.210. The Bertz CT molecular complexity index is 453.